The van der Waals surface area contributed by atoms with Crippen LogP contribution >= 0.6 is 0 Å². The van der Waals surface area contributed by atoms with Gasteiger partial charge in [-0.3, -0.25) is 0 Å². The number of nitrogens with zero attached hydrogens (tertiary/aromatic N) is 2. The number of aromatic nitrogens is 1. The van der Waals surface area contributed by atoms with Gasteiger partial charge in [-0.15, -0.1) is 0 Å². The quantitative estimate of drug-likeness (QED) is 0.803. The van der Waals surface area contributed by atoms with E-state index in [0.29, 0.717) is 11.5 Å². The first-order valence-electron chi connectivity index (χ1n) is 8.61. The molecule has 1 aromatic heterocycles. The second-order valence-electron chi connectivity index (χ2n) is 7.49. The number of hydrogen-bond acceptors (Lipinski definition) is 5. The zero-order valence-electron chi connectivity index (χ0n) is 13.8. The minimum atomic E-state index is -0.270. The van der Waals surface area contributed by atoms with Crippen molar-refractivity contribution in [2.24, 2.45) is 11.3 Å². The van der Waals surface area contributed by atoms with E-state index >= 15 is 0 Å². The van der Waals surface area contributed by atoms with E-state index in [4.69, 9.17) is 9.47 Å². The number of hydrogen-bond donors (Lipinski definition) is 0. The van der Waals surface area contributed by atoms with Crippen LogP contribution in [0.1, 0.15) is 43.5 Å². The molecule has 0 bridgehead atoms. The Bertz CT molecular complexity index is 593. The number of carbonyl (C=O) groups is 1. The van der Waals surface area contributed by atoms with Crippen LogP contribution in [0.3, 0.4) is 0 Å². The molecule has 0 spiro atoms. The van der Waals surface area contributed by atoms with E-state index in [1.807, 2.05) is 12.1 Å². The van der Waals surface area contributed by atoms with Crippen molar-refractivity contribution in [2.45, 2.75) is 45.3 Å². The van der Waals surface area contributed by atoms with E-state index in [1.165, 1.54) is 12.8 Å². The minimum Gasteiger partial charge on any atom is -0.458 e. The van der Waals surface area contributed by atoms with E-state index in [0.717, 1.165) is 31.9 Å². The second kappa shape index (κ2) is 5.48. The summed E-state index contributed by atoms with van der Waals surface area (Å²) in [5, 5.41) is 0. The van der Waals surface area contributed by atoms with Gasteiger partial charge >= 0.3 is 5.97 Å². The topological polar surface area (TPSA) is 51.7 Å². The summed E-state index contributed by atoms with van der Waals surface area (Å²) >= 11 is 0. The number of carbonyl (C=O) groups excluding carboxylic acids is 1. The molecule has 0 N–H and O–H groups in total. The molecular formula is C18H24N2O3. The van der Waals surface area contributed by atoms with Crippen LogP contribution in [0.2, 0.25) is 0 Å². The zero-order valence-corrected chi connectivity index (χ0v) is 13.8. The molecular weight excluding hydrogens is 292 g/mol. The third-order valence-corrected chi connectivity index (χ3v) is 5.64. The molecule has 2 saturated heterocycles. The third-order valence-electron chi connectivity index (χ3n) is 5.64. The van der Waals surface area contributed by atoms with Crippen LogP contribution in [0.5, 0.6) is 0 Å². The Hall–Kier alpha value is -1.62. The smallest absolute Gasteiger partial charge is 0.340 e. The van der Waals surface area contributed by atoms with Gasteiger partial charge in [0, 0.05) is 37.2 Å². The fourth-order valence-electron chi connectivity index (χ4n) is 4.34. The number of pyridine rings is 1. The SMILES string of the molecule is CC1(C)[C@@H]2OCC[C@H]2[C@H]1OC(=O)c1ccc(N2CCCC2)nc1. The molecule has 124 valence electrons. The van der Waals surface area contributed by atoms with Gasteiger partial charge in [0.05, 0.1) is 11.7 Å². The lowest BCUT2D eigenvalue weighted by atomic mass is 9.59. The highest BCUT2D eigenvalue weighted by Crippen LogP contribution is 2.53. The van der Waals surface area contributed by atoms with Crippen molar-refractivity contribution in [3.8, 4) is 0 Å². The minimum absolute atomic E-state index is 0.0549. The van der Waals surface area contributed by atoms with Crippen LogP contribution < -0.4 is 4.90 Å². The highest BCUT2D eigenvalue weighted by atomic mass is 16.6. The first-order chi connectivity index (χ1) is 11.1. The maximum Gasteiger partial charge on any atom is 0.340 e. The highest BCUT2D eigenvalue weighted by Gasteiger charge is 2.61. The standard InChI is InChI=1S/C18H24N2O3/c1-18(2)15-13(7-10-22-15)16(18)23-17(21)12-5-6-14(19-11-12)20-8-3-4-9-20/h5-6,11,13,15-16H,3-4,7-10H2,1-2H3/t13-,15-,16-/m1/s1. The summed E-state index contributed by atoms with van der Waals surface area (Å²) < 4.78 is 11.5. The number of ether oxygens (including phenoxy) is 2. The fourth-order valence-corrected chi connectivity index (χ4v) is 4.34. The Morgan fingerprint density at radius 1 is 1.35 bits per heavy atom. The molecule has 23 heavy (non-hydrogen) atoms. The molecule has 0 unspecified atom stereocenters. The average molecular weight is 316 g/mol. The van der Waals surface area contributed by atoms with Crippen molar-refractivity contribution >= 4 is 11.8 Å². The maximum atomic E-state index is 12.4. The lowest BCUT2D eigenvalue weighted by Gasteiger charge is -2.53. The maximum absolute atomic E-state index is 12.4. The summed E-state index contributed by atoms with van der Waals surface area (Å²) in [4.78, 5) is 19.1. The largest absolute Gasteiger partial charge is 0.458 e. The molecule has 1 aromatic rings. The van der Waals surface area contributed by atoms with E-state index in [1.54, 1.807) is 6.20 Å². The van der Waals surface area contributed by atoms with E-state index in [9.17, 15) is 4.79 Å². The van der Waals surface area contributed by atoms with Crippen molar-refractivity contribution in [1.29, 1.82) is 0 Å². The first kappa shape index (κ1) is 14.9. The molecule has 5 nitrogen and oxygen atoms in total. The molecule has 1 aliphatic carbocycles. The summed E-state index contributed by atoms with van der Waals surface area (Å²) in [5.41, 5.74) is 0.436. The lowest BCUT2D eigenvalue weighted by molar-refractivity contribution is -0.183. The summed E-state index contributed by atoms with van der Waals surface area (Å²) in [6.07, 6.45) is 5.24. The monoisotopic (exact) mass is 316 g/mol. The first-order valence-corrected chi connectivity index (χ1v) is 8.61. The summed E-state index contributed by atoms with van der Waals surface area (Å²) in [7, 11) is 0. The van der Waals surface area contributed by atoms with Crippen molar-refractivity contribution < 1.29 is 14.3 Å². The van der Waals surface area contributed by atoms with Crippen LogP contribution in [-0.4, -0.2) is 42.9 Å². The van der Waals surface area contributed by atoms with Crippen LogP contribution in [0.15, 0.2) is 18.3 Å². The Balaban J connectivity index is 1.43. The van der Waals surface area contributed by atoms with Crippen molar-refractivity contribution in [3.05, 3.63) is 23.9 Å². The molecule has 3 fully saturated rings. The number of fused-ring (bicyclic) bond motifs is 1. The fraction of sp³-hybridized carbons (Fsp3) is 0.667. The molecule has 4 rings (SSSR count). The van der Waals surface area contributed by atoms with Gasteiger partial charge < -0.3 is 14.4 Å². The molecule has 3 heterocycles. The predicted molar refractivity (Wildman–Crippen MR) is 86.5 cm³/mol. The van der Waals surface area contributed by atoms with Gasteiger partial charge in [-0.05, 0) is 31.4 Å². The summed E-state index contributed by atoms with van der Waals surface area (Å²) in [6, 6.07) is 3.76. The van der Waals surface area contributed by atoms with Gasteiger partial charge in [0.1, 0.15) is 11.9 Å². The molecule has 0 radical (unpaired) electrons. The zero-order chi connectivity index (χ0) is 16.0. The van der Waals surface area contributed by atoms with Gasteiger partial charge in [-0.1, -0.05) is 13.8 Å². The van der Waals surface area contributed by atoms with Gasteiger partial charge in [0.2, 0.25) is 0 Å². The number of esters is 1. The van der Waals surface area contributed by atoms with Crippen LogP contribution in [0, 0.1) is 11.3 Å². The van der Waals surface area contributed by atoms with Gasteiger partial charge in [0.15, 0.2) is 0 Å². The van der Waals surface area contributed by atoms with Gasteiger partial charge in [0.25, 0.3) is 0 Å². The molecule has 0 amide bonds. The summed E-state index contributed by atoms with van der Waals surface area (Å²) in [5.74, 6) is 1.03. The normalized spacial score (nSPS) is 31.6. The van der Waals surface area contributed by atoms with Crippen molar-refractivity contribution in [2.75, 3.05) is 24.6 Å². The molecule has 3 aliphatic rings. The Morgan fingerprint density at radius 2 is 2.13 bits per heavy atom. The molecule has 1 saturated carbocycles. The molecule has 5 heteroatoms. The van der Waals surface area contributed by atoms with E-state index in [2.05, 4.69) is 23.7 Å². The third kappa shape index (κ3) is 2.42. The van der Waals surface area contributed by atoms with Gasteiger partial charge in [-0.2, -0.15) is 0 Å². The van der Waals surface area contributed by atoms with Crippen LogP contribution in [0.4, 0.5) is 5.82 Å². The van der Waals surface area contributed by atoms with Gasteiger partial charge in [-0.25, -0.2) is 9.78 Å². The predicted octanol–water partition coefficient (Wildman–Crippen LogP) is 2.65. The molecule has 0 aromatic carbocycles. The lowest BCUT2D eigenvalue weighted by Crippen LogP contribution is -2.61. The Labute approximate surface area is 137 Å². The average Bonchev–Trinajstić information content (AvgIpc) is 3.23. The van der Waals surface area contributed by atoms with Crippen LogP contribution in [-0.2, 0) is 9.47 Å². The number of rotatable bonds is 3. The van der Waals surface area contributed by atoms with E-state index < -0.39 is 0 Å². The highest BCUT2D eigenvalue weighted by molar-refractivity contribution is 5.89. The second-order valence-corrected chi connectivity index (χ2v) is 7.49. The van der Waals surface area contributed by atoms with Crippen molar-refractivity contribution in [1.82, 2.24) is 4.98 Å². The van der Waals surface area contributed by atoms with Crippen LogP contribution in [0.25, 0.3) is 0 Å². The Morgan fingerprint density at radius 3 is 2.83 bits per heavy atom. The molecule has 3 atom stereocenters. The number of anilines is 1. The van der Waals surface area contributed by atoms with Crippen molar-refractivity contribution in [3.63, 3.8) is 0 Å². The van der Waals surface area contributed by atoms with E-state index in [-0.39, 0.29) is 23.6 Å². The molecule has 2 aliphatic heterocycles. The summed E-state index contributed by atoms with van der Waals surface area (Å²) in [6.45, 7) is 7.11. The Kier molecular flexibility index (Phi) is 3.56.